The second kappa shape index (κ2) is 9.84. The molecule has 0 amide bonds. The van der Waals surface area contributed by atoms with Crippen LogP contribution < -0.4 is 20.3 Å². The van der Waals surface area contributed by atoms with E-state index >= 15 is 0 Å². The second-order valence-corrected chi connectivity index (χ2v) is 12.5. The number of benzene rings is 2. The Morgan fingerprint density at radius 3 is 2.47 bits per heavy atom. The minimum Gasteiger partial charge on any atom is -0.367 e. The second-order valence-electron chi connectivity index (χ2n) is 10.1. The quantitative estimate of drug-likeness (QED) is 0.333. The summed E-state index contributed by atoms with van der Waals surface area (Å²) in [5.74, 6) is -0.716. The molecule has 5 rings (SSSR count). The number of halogens is 2. The van der Waals surface area contributed by atoms with Crippen molar-refractivity contribution >= 4 is 44.1 Å². The standard InChI is InChI=1S/C26H29F2N7O2S/c1-26(2,3)38(36,37)33-20-12-18(27)13-21(14-20)35-9-6-17-16-30-25(32-24(17)35)31-19-4-5-23(22(28)15-19)34-10-7-29-8-11-34/h4-6,9,12-16,29,33H,7-8,10-11H2,1-3H3,(H,30,31,32). The summed E-state index contributed by atoms with van der Waals surface area (Å²) in [4.78, 5) is 10.9. The van der Waals surface area contributed by atoms with Crippen LogP contribution in [0.15, 0.2) is 54.9 Å². The number of piperazine rings is 1. The fourth-order valence-corrected chi connectivity index (χ4v) is 4.88. The fraction of sp³-hybridized carbons (Fsp3) is 0.308. The third-order valence-electron chi connectivity index (χ3n) is 6.31. The molecule has 4 aromatic rings. The lowest BCUT2D eigenvalue weighted by atomic mass is 10.2. The lowest BCUT2D eigenvalue weighted by molar-refractivity contribution is 0.565. The Kier molecular flexibility index (Phi) is 6.70. The molecule has 1 saturated heterocycles. The molecule has 1 aliphatic rings. The Labute approximate surface area is 220 Å². The highest BCUT2D eigenvalue weighted by molar-refractivity contribution is 7.94. The van der Waals surface area contributed by atoms with Crippen LogP contribution in [0.2, 0.25) is 0 Å². The molecule has 200 valence electrons. The molecule has 2 aromatic heterocycles. The number of anilines is 4. The van der Waals surface area contributed by atoms with Gasteiger partial charge in [0.25, 0.3) is 0 Å². The number of hydrogen-bond acceptors (Lipinski definition) is 7. The topological polar surface area (TPSA) is 104 Å². The molecule has 3 N–H and O–H groups in total. The van der Waals surface area contributed by atoms with Gasteiger partial charge in [0.05, 0.1) is 21.8 Å². The van der Waals surface area contributed by atoms with E-state index in [1.54, 1.807) is 55.9 Å². The number of aromatic nitrogens is 3. The Bertz CT molecular complexity index is 1590. The van der Waals surface area contributed by atoms with Crippen molar-refractivity contribution in [3.63, 3.8) is 0 Å². The van der Waals surface area contributed by atoms with Crippen LogP contribution in [0.1, 0.15) is 20.8 Å². The van der Waals surface area contributed by atoms with Crippen molar-refractivity contribution in [3.05, 3.63) is 66.5 Å². The maximum Gasteiger partial charge on any atom is 0.237 e. The minimum atomic E-state index is -3.75. The summed E-state index contributed by atoms with van der Waals surface area (Å²) in [6, 6.07) is 10.6. The summed E-state index contributed by atoms with van der Waals surface area (Å²) in [5.41, 5.74) is 1.98. The zero-order valence-corrected chi connectivity index (χ0v) is 22.1. The largest absolute Gasteiger partial charge is 0.367 e. The minimum absolute atomic E-state index is 0.101. The van der Waals surface area contributed by atoms with Crippen LogP contribution in [-0.4, -0.2) is 53.9 Å². The molecule has 0 spiro atoms. The van der Waals surface area contributed by atoms with E-state index in [4.69, 9.17) is 0 Å². The maximum atomic E-state index is 14.9. The van der Waals surface area contributed by atoms with Gasteiger partial charge in [-0.1, -0.05) is 0 Å². The number of nitrogens with zero attached hydrogens (tertiary/aromatic N) is 4. The van der Waals surface area contributed by atoms with E-state index in [-0.39, 0.29) is 17.5 Å². The van der Waals surface area contributed by atoms with Gasteiger partial charge in [-0.15, -0.1) is 0 Å². The summed E-state index contributed by atoms with van der Waals surface area (Å²) < 4.78 is 57.6. The highest BCUT2D eigenvalue weighted by atomic mass is 32.2. The third-order valence-corrected chi connectivity index (χ3v) is 8.42. The van der Waals surface area contributed by atoms with E-state index < -0.39 is 20.6 Å². The zero-order valence-electron chi connectivity index (χ0n) is 21.3. The van der Waals surface area contributed by atoms with Crippen molar-refractivity contribution in [1.82, 2.24) is 19.9 Å². The molecule has 0 unspecified atom stereocenters. The van der Waals surface area contributed by atoms with Crippen LogP contribution in [0.3, 0.4) is 0 Å². The molecule has 0 atom stereocenters. The highest BCUT2D eigenvalue weighted by Gasteiger charge is 2.29. The number of sulfonamides is 1. The van der Waals surface area contributed by atoms with Gasteiger partial charge in [0, 0.05) is 49.6 Å². The SMILES string of the molecule is CC(C)(C)S(=O)(=O)Nc1cc(F)cc(-n2ccc3cnc(Nc4ccc(N5CCNCC5)c(F)c4)nc32)c1. The van der Waals surface area contributed by atoms with Gasteiger partial charge in [0.1, 0.15) is 17.3 Å². The Morgan fingerprint density at radius 1 is 1.00 bits per heavy atom. The molecule has 3 heterocycles. The molecule has 0 aliphatic carbocycles. The van der Waals surface area contributed by atoms with Gasteiger partial charge in [-0.25, -0.2) is 22.2 Å². The predicted octanol–water partition coefficient (Wildman–Crippen LogP) is 4.39. The van der Waals surface area contributed by atoms with Crippen molar-refractivity contribution in [3.8, 4) is 5.69 Å². The summed E-state index contributed by atoms with van der Waals surface area (Å²) >= 11 is 0. The van der Waals surface area contributed by atoms with E-state index in [0.29, 0.717) is 28.1 Å². The maximum absolute atomic E-state index is 14.9. The molecule has 0 radical (unpaired) electrons. The van der Waals surface area contributed by atoms with E-state index in [9.17, 15) is 17.2 Å². The average Bonchev–Trinajstić information content (AvgIpc) is 3.27. The summed E-state index contributed by atoms with van der Waals surface area (Å²) in [6.45, 7) is 7.77. The number of hydrogen-bond donors (Lipinski definition) is 3. The number of rotatable bonds is 6. The Hall–Kier alpha value is -3.77. The van der Waals surface area contributed by atoms with Crippen LogP contribution in [0.25, 0.3) is 16.7 Å². The lowest BCUT2D eigenvalue weighted by Crippen LogP contribution is -2.43. The average molecular weight is 542 g/mol. The molecule has 9 nitrogen and oxygen atoms in total. The van der Waals surface area contributed by atoms with Gasteiger partial charge < -0.3 is 20.1 Å². The van der Waals surface area contributed by atoms with Crippen molar-refractivity contribution in [2.45, 2.75) is 25.5 Å². The first-order valence-electron chi connectivity index (χ1n) is 12.2. The van der Waals surface area contributed by atoms with Gasteiger partial charge in [-0.05, 0) is 63.2 Å². The monoisotopic (exact) mass is 541 g/mol. The molecule has 1 aliphatic heterocycles. The van der Waals surface area contributed by atoms with Crippen molar-refractivity contribution in [2.24, 2.45) is 0 Å². The molecule has 0 saturated carbocycles. The van der Waals surface area contributed by atoms with Crippen LogP contribution in [0.5, 0.6) is 0 Å². The molecular weight excluding hydrogens is 512 g/mol. The first-order valence-corrected chi connectivity index (χ1v) is 13.7. The van der Waals surface area contributed by atoms with E-state index in [0.717, 1.165) is 32.2 Å². The highest BCUT2D eigenvalue weighted by Crippen LogP contribution is 2.28. The molecule has 1 fully saturated rings. The van der Waals surface area contributed by atoms with Crippen LogP contribution in [-0.2, 0) is 10.0 Å². The van der Waals surface area contributed by atoms with E-state index in [1.165, 1.54) is 18.2 Å². The normalized spacial score (nSPS) is 14.6. The van der Waals surface area contributed by atoms with Crippen molar-refractivity contribution < 1.29 is 17.2 Å². The first-order chi connectivity index (χ1) is 18.0. The van der Waals surface area contributed by atoms with Gasteiger partial charge in [0.15, 0.2) is 0 Å². The molecule has 38 heavy (non-hydrogen) atoms. The Balaban J connectivity index is 1.43. The third kappa shape index (κ3) is 5.27. The fourth-order valence-electron chi connectivity index (χ4n) is 4.14. The lowest BCUT2D eigenvalue weighted by Gasteiger charge is -2.29. The molecule has 0 bridgehead atoms. The Morgan fingerprint density at radius 2 is 1.76 bits per heavy atom. The molecule has 12 heteroatoms. The van der Waals surface area contributed by atoms with Crippen LogP contribution in [0.4, 0.5) is 31.8 Å². The van der Waals surface area contributed by atoms with E-state index in [2.05, 4.69) is 25.3 Å². The van der Waals surface area contributed by atoms with Gasteiger partial charge >= 0.3 is 0 Å². The molecule has 2 aromatic carbocycles. The van der Waals surface area contributed by atoms with Gasteiger partial charge in [-0.3, -0.25) is 4.72 Å². The smallest absolute Gasteiger partial charge is 0.237 e. The predicted molar refractivity (Wildman–Crippen MR) is 146 cm³/mol. The zero-order chi connectivity index (χ0) is 27.1. The molecular formula is C26H29F2N7O2S. The van der Waals surface area contributed by atoms with Crippen molar-refractivity contribution in [1.29, 1.82) is 0 Å². The summed E-state index contributed by atoms with van der Waals surface area (Å²) in [6.07, 6.45) is 3.30. The van der Waals surface area contributed by atoms with Crippen LogP contribution >= 0.6 is 0 Å². The van der Waals surface area contributed by atoms with Crippen molar-refractivity contribution in [2.75, 3.05) is 41.1 Å². The number of fused-ring (bicyclic) bond motifs is 1. The van der Waals surface area contributed by atoms with E-state index in [1.807, 2.05) is 4.90 Å². The summed E-state index contributed by atoms with van der Waals surface area (Å²) in [7, 11) is -3.75. The first kappa shape index (κ1) is 25.9. The summed E-state index contributed by atoms with van der Waals surface area (Å²) in [5, 5.41) is 6.98. The van der Waals surface area contributed by atoms with Gasteiger partial charge in [0.2, 0.25) is 16.0 Å². The van der Waals surface area contributed by atoms with Crippen LogP contribution in [0, 0.1) is 11.6 Å². The van der Waals surface area contributed by atoms with Gasteiger partial charge in [-0.2, -0.15) is 4.98 Å². The number of nitrogens with one attached hydrogen (secondary N) is 3.